The molecular formula is C42H75N7O3S2. The summed E-state index contributed by atoms with van der Waals surface area (Å²) >= 11 is 0. The molecule has 0 spiro atoms. The number of nitrogens with zero attached hydrogens (tertiary/aromatic N) is 3. The van der Waals surface area contributed by atoms with E-state index in [0.717, 1.165) is 61.0 Å². The topological polar surface area (TPSA) is 161 Å². The van der Waals surface area contributed by atoms with Crippen LogP contribution in [0.25, 0.3) is 0 Å². The van der Waals surface area contributed by atoms with Crippen LogP contribution < -0.4 is 22.5 Å². The number of carbonyl (C=O) groups is 2. The van der Waals surface area contributed by atoms with E-state index < -0.39 is 0 Å². The molecule has 0 radical (unpaired) electrons. The molecule has 12 heteroatoms. The van der Waals surface area contributed by atoms with Crippen molar-refractivity contribution >= 4 is 45.4 Å². The SMILES string of the molecule is CC(N)=NCCCN(CCCN=C(N)N)C(=O)C(C)CSSCCNC(=O)OC1CCC2(C)C(=CCC3C2CCC2(C)C(CCCCC(C)C)CCC32)C1. The Labute approximate surface area is 335 Å². The fourth-order valence-electron chi connectivity index (χ4n) is 10.6. The van der Waals surface area contributed by atoms with Crippen LogP contribution in [0.4, 0.5) is 4.79 Å². The van der Waals surface area contributed by atoms with Crippen molar-refractivity contribution in [2.75, 3.05) is 44.2 Å². The summed E-state index contributed by atoms with van der Waals surface area (Å²) < 4.78 is 6.00. The third-order valence-electron chi connectivity index (χ3n) is 13.5. The maximum Gasteiger partial charge on any atom is 0.407 e. The molecule has 4 aliphatic carbocycles. The van der Waals surface area contributed by atoms with Crippen molar-refractivity contribution in [1.82, 2.24) is 10.2 Å². The maximum atomic E-state index is 13.3. The van der Waals surface area contributed by atoms with Gasteiger partial charge in [0.05, 0.1) is 5.84 Å². The molecule has 8 unspecified atom stereocenters. The van der Waals surface area contributed by atoms with Crippen molar-refractivity contribution in [3.8, 4) is 0 Å². The highest BCUT2D eigenvalue weighted by molar-refractivity contribution is 8.76. The number of nitrogens with one attached hydrogen (secondary N) is 1. The predicted molar refractivity (Wildman–Crippen MR) is 230 cm³/mol. The van der Waals surface area contributed by atoms with Crippen molar-refractivity contribution in [2.24, 2.45) is 73.5 Å². The highest BCUT2D eigenvalue weighted by atomic mass is 33.1. The molecular weight excluding hydrogens is 715 g/mol. The number of guanidine groups is 1. The minimum absolute atomic E-state index is 0.0427. The maximum absolute atomic E-state index is 13.3. The third-order valence-corrected chi connectivity index (χ3v) is 16.1. The molecule has 0 aliphatic heterocycles. The van der Waals surface area contributed by atoms with Crippen molar-refractivity contribution in [1.29, 1.82) is 0 Å². The van der Waals surface area contributed by atoms with Crippen molar-refractivity contribution in [2.45, 2.75) is 138 Å². The van der Waals surface area contributed by atoms with Gasteiger partial charge in [0.2, 0.25) is 5.91 Å². The number of ether oxygens (including phenoxy) is 1. The Morgan fingerprint density at radius 1 is 0.963 bits per heavy atom. The van der Waals surface area contributed by atoms with E-state index in [2.05, 4.69) is 49.1 Å². The van der Waals surface area contributed by atoms with Gasteiger partial charge in [-0.25, -0.2) is 4.79 Å². The lowest BCUT2D eigenvalue weighted by Crippen LogP contribution is -2.50. The van der Waals surface area contributed by atoms with Crippen LogP contribution >= 0.6 is 21.6 Å². The zero-order valence-corrected chi connectivity index (χ0v) is 36.2. The van der Waals surface area contributed by atoms with Gasteiger partial charge in [0.25, 0.3) is 0 Å². The van der Waals surface area contributed by atoms with E-state index in [1.807, 2.05) is 11.8 Å². The van der Waals surface area contributed by atoms with Crippen molar-refractivity contribution < 1.29 is 14.3 Å². The molecule has 54 heavy (non-hydrogen) atoms. The summed E-state index contributed by atoms with van der Waals surface area (Å²) in [5, 5.41) is 2.98. The van der Waals surface area contributed by atoms with E-state index in [-0.39, 0.29) is 35.4 Å². The Kier molecular flexibility index (Phi) is 17.7. The van der Waals surface area contributed by atoms with Crippen molar-refractivity contribution in [3.63, 3.8) is 0 Å². The van der Waals surface area contributed by atoms with E-state index in [1.54, 1.807) is 34.1 Å². The third kappa shape index (κ3) is 12.5. The van der Waals surface area contributed by atoms with Crippen LogP contribution in [-0.2, 0) is 9.53 Å². The van der Waals surface area contributed by atoms with Crippen LogP contribution in [0.5, 0.6) is 0 Å². The molecule has 0 aromatic heterocycles. The lowest BCUT2D eigenvalue weighted by Gasteiger charge is -2.58. The predicted octanol–water partition coefficient (Wildman–Crippen LogP) is 8.15. The number of rotatable bonds is 21. The van der Waals surface area contributed by atoms with Crippen LogP contribution in [0, 0.1) is 46.3 Å². The summed E-state index contributed by atoms with van der Waals surface area (Å²) in [4.78, 5) is 36.3. The molecule has 3 fully saturated rings. The molecule has 0 aromatic carbocycles. The number of carbonyl (C=O) groups excluding carboxylic acids is 2. The Morgan fingerprint density at radius 3 is 2.41 bits per heavy atom. The van der Waals surface area contributed by atoms with Gasteiger partial charge in [0.15, 0.2) is 5.96 Å². The average Bonchev–Trinajstić information content (AvgIpc) is 3.46. The molecule has 3 saturated carbocycles. The molecule has 8 atom stereocenters. The minimum Gasteiger partial charge on any atom is -0.446 e. The minimum atomic E-state index is -0.309. The number of amidine groups is 1. The fraction of sp³-hybridized carbons (Fsp3) is 0.857. The van der Waals surface area contributed by atoms with Crippen LogP contribution in [-0.4, -0.2) is 79.0 Å². The first-order valence-electron chi connectivity index (χ1n) is 21.2. The molecule has 4 rings (SSSR count). The second-order valence-corrected chi connectivity index (χ2v) is 20.5. The number of hydrogen-bond donors (Lipinski definition) is 4. The smallest absolute Gasteiger partial charge is 0.407 e. The van der Waals surface area contributed by atoms with Crippen LogP contribution in [0.15, 0.2) is 21.6 Å². The Hall–Kier alpha value is -2.08. The molecule has 10 nitrogen and oxygen atoms in total. The molecule has 0 heterocycles. The zero-order valence-electron chi connectivity index (χ0n) is 34.6. The number of nitrogens with two attached hydrogens (primary N) is 3. The molecule has 308 valence electrons. The van der Waals surface area contributed by atoms with E-state index in [9.17, 15) is 9.59 Å². The first-order chi connectivity index (χ1) is 25.7. The first kappa shape index (κ1) is 44.6. The molecule has 7 N–H and O–H groups in total. The molecule has 0 saturated heterocycles. The standard InChI is InChI=1S/C42H75N7O3S2/c1-29(2)11-7-8-12-32-14-16-36-35-15-13-33-27-34(17-19-42(33,6)37(35)18-20-41(32,36)5)52-40(51)48-23-26-53-54-28-30(3)38(50)49(24-9-21-46-31(4)43)25-10-22-47-39(44)45/h13,29-30,32,34-37H,7-12,14-28H2,1-6H3,(H2,43,46)(H,48,51)(H4,44,45,47). The number of unbranched alkanes of at least 4 members (excludes halogenated alkanes) is 1. The highest BCUT2D eigenvalue weighted by Gasteiger charge is 2.58. The number of fused-ring (bicyclic) bond motifs is 5. The van der Waals surface area contributed by atoms with Gasteiger partial charge in [-0.3, -0.25) is 14.8 Å². The zero-order chi connectivity index (χ0) is 39.3. The van der Waals surface area contributed by atoms with E-state index in [1.165, 1.54) is 57.8 Å². The fourth-order valence-corrected chi connectivity index (χ4v) is 12.8. The molecule has 2 amide bonds. The van der Waals surface area contributed by atoms with Crippen molar-refractivity contribution in [3.05, 3.63) is 11.6 Å². The van der Waals surface area contributed by atoms with E-state index in [0.29, 0.717) is 56.1 Å². The summed E-state index contributed by atoms with van der Waals surface area (Å²) in [6.45, 7) is 16.5. The van der Waals surface area contributed by atoms with Crippen LogP contribution in [0.2, 0.25) is 0 Å². The van der Waals surface area contributed by atoms with Gasteiger partial charge in [-0.2, -0.15) is 0 Å². The van der Waals surface area contributed by atoms with Gasteiger partial charge < -0.3 is 32.2 Å². The number of hydrogen-bond acceptors (Lipinski definition) is 7. The molecule has 4 aliphatic rings. The summed E-state index contributed by atoms with van der Waals surface area (Å²) in [7, 11) is 3.34. The number of alkyl carbamates (subject to hydrolysis) is 1. The van der Waals surface area contributed by atoms with Crippen LogP contribution in [0.1, 0.15) is 131 Å². The molecule has 0 aromatic rings. The highest BCUT2D eigenvalue weighted by Crippen LogP contribution is 2.66. The Morgan fingerprint density at radius 2 is 1.70 bits per heavy atom. The number of allylic oxidation sites excluding steroid dienone is 1. The van der Waals surface area contributed by atoms with Crippen LogP contribution in [0.3, 0.4) is 0 Å². The number of amides is 2. The monoisotopic (exact) mass is 790 g/mol. The van der Waals surface area contributed by atoms with Gasteiger partial charge in [-0.15, -0.1) is 0 Å². The van der Waals surface area contributed by atoms with Gasteiger partial charge in [-0.05, 0) is 112 Å². The Balaban J connectivity index is 1.15. The lowest BCUT2D eigenvalue weighted by atomic mass is 9.47. The summed E-state index contributed by atoms with van der Waals surface area (Å²) in [5.41, 5.74) is 18.9. The summed E-state index contributed by atoms with van der Waals surface area (Å²) in [6, 6.07) is 0. The second kappa shape index (κ2) is 21.4. The lowest BCUT2D eigenvalue weighted by molar-refractivity contribution is -0.134. The molecule has 0 bridgehead atoms. The second-order valence-electron chi connectivity index (χ2n) is 17.8. The normalized spacial score (nSPS) is 29.7. The van der Waals surface area contributed by atoms with Gasteiger partial charge in [0, 0.05) is 56.6 Å². The van der Waals surface area contributed by atoms with E-state index in [4.69, 9.17) is 21.9 Å². The number of aliphatic imine (C=N–C) groups is 2. The summed E-state index contributed by atoms with van der Waals surface area (Å²) in [5.74, 6) is 6.24. The summed E-state index contributed by atoms with van der Waals surface area (Å²) in [6.07, 6.45) is 19.1. The first-order valence-corrected chi connectivity index (χ1v) is 23.7. The average molecular weight is 790 g/mol. The van der Waals surface area contributed by atoms with Gasteiger partial charge >= 0.3 is 6.09 Å². The largest absolute Gasteiger partial charge is 0.446 e. The quantitative estimate of drug-likeness (QED) is 0.0298. The van der Waals surface area contributed by atoms with Gasteiger partial charge in [0.1, 0.15) is 6.10 Å². The van der Waals surface area contributed by atoms with E-state index >= 15 is 0 Å². The Bertz CT molecular complexity index is 1280. The van der Waals surface area contributed by atoms with Gasteiger partial charge in [-0.1, -0.05) is 87.1 Å².